The number of hydrazine groups is 1. The predicted octanol–water partition coefficient (Wildman–Crippen LogP) is 4.08. The van der Waals surface area contributed by atoms with E-state index in [-0.39, 0.29) is 11.8 Å². The predicted molar refractivity (Wildman–Crippen MR) is 127 cm³/mol. The second-order valence-electron chi connectivity index (χ2n) is 8.49. The van der Waals surface area contributed by atoms with Gasteiger partial charge in [-0.15, -0.1) is 0 Å². The summed E-state index contributed by atoms with van der Waals surface area (Å²) in [6.07, 6.45) is 4.04. The van der Waals surface area contributed by atoms with Gasteiger partial charge >= 0.3 is 0 Å². The molecule has 0 unspecified atom stereocenters. The number of allylic oxidation sites excluding steroid dienone is 2. The van der Waals surface area contributed by atoms with Gasteiger partial charge in [-0.05, 0) is 35.4 Å². The Morgan fingerprint density at radius 1 is 0.735 bits per heavy atom. The average molecular weight is 453 g/mol. The molecule has 0 aromatic heterocycles. The van der Waals surface area contributed by atoms with Crippen molar-refractivity contribution in [2.75, 3.05) is 7.11 Å². The van der Waals surface area contributed by atoms with Crippen LogP contribution in [-0.4, -0.2) is 29.8 Å². The maximum atomic E-state index is 13.6. The van der Waals surface area contributed by atoms with E-state index >= 15 is 0 Å². The van der Waals surface area contributed by atoms with E-state index in [1.54, 1.807) is 31.4 Å². The molecular weight excluding hydrogens is 428 g/mol. The fraction of sp³-hybridized carbons (Fsp3) is 0.179. The topological polar surface area (TPSA) is 75.7 Å². The molecule has 2 aliphatic rings. The molecular formula is C28H24N2O4. The zero-order chi connectivity index (χ0) is 23.7. The molecule has 3 aromatic rings. The van der Waals surface area contributed by atoms with Crippen LogP contribution in [0, 0.1) is 11.8 Å². The minimum absolute atomic E-state index is 0.259. The number of ether oxygens (including phenoxy) is 1. The Labute approximate surface area is 197 Å². The Morgan fingerprint density at radius 2 is 1.21 bits per heavy atom. The van der Waals surface area contributed by atoms with Gasteiger partial charge in [-0.25, -0.2) is 0 Å². The van der Waals surface area contributed by atoms with E-state index in [2.05, 4.69) is 5.43 Å². The first-order chi connectivity index (χ1) is 16.6. The van der Waals surface area contributed by atoms with E-state index in [9.17, 15) is 14.4 Å². The van der Waals surface area contributed by atoms with E-state index in [0.29, 0.717) is 11.3 Å². The summed E-state index contributed by atoms with van der Waals surface area (Å²) in [5.74, 6) is -2.44. The van der Waals surface area contributed by atoms with Crippen molar-refractivity contribution < 1.29 is 19.1 Å². The lowest BCUT2D eigenvalue weighted by molar-refractivity contribution is -0.142. The van der Waals surface area contributed by atoms with E-state index in [1.807, 2.05) is 72.8 Å². The van der Waals surface area contributed by atoms with E-state index in [4.69, 9.17) is 4.74 Å². The number of rotatable bonds is 5. The third-order valence-electron chi connectivity index (χ3n) is 6.63. The summed E-state index contributed by atoms with van der Waals surface area (Å²) in [7, 11) is 1.54. The summed E-state index contributed by atoms with van der Waals surface area (Å²) in [5, 5.41) is 0.917. The Bertz CT molecular complexity index is 1170. The van der Waals surface area contributed by atoms with Gasteiger partial charge in [-0.2, -0.15) is 5.01 Å². The average Bonchev–Trinajstić information content (AvgIpc) is 3.14. The third kappa shape index (κ3) is 3.77. The molecule has 4 atom stereocenters. The number of methoxy groups -OCH3 is 1. The first-order valence-electron chi connectivity index (χ1n) is 11.2. The SMILES string of the molecule is COc1ccc(C(=O)NN2C(=O)[C@@H]3[C@H](C2=O)[C@@H](c2ccccc2)C=C[C@H]3c2ccccc2)cc1. The minimum atomic E-state index is -0.610. The number of carbonyl (C=O) groups is 3. The number of hydrogen-bond acceptors (Lipinski definition) is 4. The molecule has 1 aliphatic carbocycles. The second kappa shape index (κ2) is 8.98. The van der Waals surface area contributed by atoms with Crippen molar-refractivity contribution in [1.82, 2.24) is 10.4 Å². The molecule has 1 fully saturated rings. The van der Waals surface area contributed by atoms with Crippen LogP contribution >= 0.6 is 0 Å². The van der Waals surface area contributed by atoms with E-state index in [1.165, 1.54) is 0 Å². The molecule has 6 heteroatoms. The molecule has 0 saturated carbocycles. The highest BCUT2D eigenvalue weighted by Gasteiger charge is 2.55. The number of carbonyl (C=O) groups excluding carboxylic acids is 3. The highest BCUT2D eigenvalue weighted by Crippen LogP contribution is 2.48. The lowest BCUT2D eigenvalue weighted by Gasteiger charge is -2.32. The van der Waals surface area contributed by atoms with Crippen molar-refractivity contribution in [2.45, 2.75) is 11.8 Å². The van der Waals surface area contributed by atoms with Crippen LogP contribution in [-0.2, 0) is 9.59 Å². The van der Waals surface area contributed by atoms with Gasteiger partial charge in [0.2, 0.25) is 0 Å². The second-order valence-corrected chi connectivity index (χ2v) is 8.49. The van der Waals surface area contributed by atoms with Gasteiger partial charge in [0.1, 0.15) is 5.75 Å². The van der Waals surface area contributed by atoms with Crippen molar-refractivity contribution in [3.05, 3.63) is 114 Å². The van der Waals surface area contributed by atoms with Gasteiger partial charge in [-0.1, -0.05) is 72.8 Å². The molecule has 5 rings (SSSR count). The molecule has 6 nitrogen and oxygen atoms in total. The fourth-order valence-electron chi connectivity index (χ4n) is 4.95. The fourth-order valence-corrected chi connectivity index (χ4v) is 4.95. The Kier molecular flexibility index (Phi) is 5.72. The molecule has 3 aromatic carbocycles. The first kappa shape index (κ1) is 21.6. The molecule has 170 valence electrons. The molecule has 1 saturated heterocycles. The van der Waals surface area contributed by atoms with Crippen LogP contribution in [0.15, 0.2) is 97.1 Å². The summed E-state index contributed by atoms with van der Waals surface area (Å²) in [6.45, 7) is 0. The highest BCUT2D eigenvalue weighted by atomic mass is 16.5. The quantitative estimate of drug-likeness (QED) is 0.468. The minimum Gasteiger partial charge on any atom is -0.497 e. The Hall–Kier alpha value is -4.19. The first-order valence-corrected chi connectivity index (χ1v) is 11.2. The molecule has 0 spiro atoms. The number of imide groups is 1. The van der Waals surface area contributed by atoms with Crippen LogP contribution in [0.1, 0.15) is 33.3 Å². The van der Waals surface area contributed by atoms with Crippen molar-refractivity contribution in [1.29, 1.82) is 0 Å². The van der Waals surface area contributed by atoms with Crippen molar-refractivity contribution in [3.8, 4) is 5.75 Å². The molecule has 1 N–H and O–H groups in total. The maximum absolute atomic E-state index is 13.6. The third-order valence-corrected chi connectivity index (χ3v) is 6.63. The van der Waals surface area contributed by atoms with Crippen LogP contribution < -0.4 is 10.2 Å². The number of nitrogens with zero attached hydrogens (tertiary/aromatic N) is 1. The monoisotopic (exact) mass is 452 g/mol. The number of fused-ring (bicyclic) bond motifs is 1. The molecule has 34 heavy (non-hydrogen) atoms. The van der Waals surface area contributed by atoms with Gasteiger partial charge < -0.3 is 4.74 Å². The number of nitrogens with one attached hydrogen (secondary N) is 1. The lowest BCUT2D eigenvalue weighted by atomic mass is 9.68. The van der Waals surface area contributed by atoms with Gasteiger partial charge in [0.05, 0.1) is 18.9 Å². The molecule has 1 heterocycles. The van der Waals surface area contributed by atoms with Crippen LogP contribution in [0.5, 0.6) is 5.75 Å². The normalized spacial score (nSPS) is 23.5. The number of benzene rings is 3. The standard InChI is InChI=1S/C28H24N2O4/c1-34-21-14-12-20(13-15-21)26(31)29-30-27(32)24-22(18-8-4-2-5-9-18)16-17-23(25(24)28(30)33)19-10-6-3-7-11-19/h2-17,22-25H,1H3,(H,29,31)/t22-,23+,24-,25+. The van der Waals surface area contributed by atoms with Crippen molar-refractivity contribution in [3.63, 3.8) is 0 Å². The summed E-state index contributed by atoms with van der Waals surface area (Å²) in [6, 6.07) is 25.9. The molecule has 0 radical (unpaired) electrons. The van der Waals surface area contributed by atoms with Crippen LogP contribution in [0.3, 0.4) is 0 Å². The Morgan fingerprint density at radius 3 is 1.65 bits per heavy atom. The van der Waals surface area contributed by atoms with Gasteiger partial charge in [0.25, 0.3) is 17.7 Å². The number of hydrogen-bond donors (Lipinski definition) is 1. The smallest absolute Gasteiger partial charge is 0.270 e. The molecule has 1 aliphatic heterocycles. The summed E-state index contributed by atoms with van der Waals surface area (Å²) < 4.78 is 5.13. The Balaban J connectivity index is 1.49. The van der Waals surface area contributed by atoms with Crippen LogP contribution in [0.25, 0.3) is 0 Å². The van der Waals surface area contributed by atoms with Gasteiger partial charge in [0, 0.05) is 17.4 Å². The molecule has 0 bridgehead atoms. The van der Waals surface area contributed by atoms with E-state index in [0.717, 1.165) is 16.1 Å². The van der Waals surface area contributed by atoms with Gasteiger partial charge in [-0.3, -0.25) is 19.8 Å². The summed E-state index contributed by atoms with van der Waals surface area (Å²) in [5.41, 5.74) is 4.81. The molecule has 3 amide bonds. The summed E-state index contributed by atoms with van der Waals surface area (Å²) in [4.78, 5) is 40.1. The lowest BCUT2D eigenvalue weighted by Crippen LogP contribution is -2.46. The van der Waals surface area contributed by atoms with Crippen LogP contribution in [0.2, 0.25) is 0 Å². The maximum Gasteiger partial charge on any atom is 0.270 e. The van der Waals surface area contributed by atoms with Gasteiger partial charge in [0.15, 0.2) is 0 Å². The van der Waals surface area contributed by atoms with Crippen molar-refractivity contribution in [2.24, 2.45) is 11.8 Å². The number of amides is 3. The largest absolute Gasteiger partial charge is 0.497 e. The van der Waals surface area contributed by atoms with E-state index < -0.39 is 29.6 Å². The zero-order valence-corrected chi connectivity index (χ0v) is 18.6. The highest BCUT2D eigenvalue weighted by molar-refractivity contribution is 6.09. The zero-order valence-electron chi connectivity index (χ0n) is 18.6. The van der Waals surface area contributed by atoms with Crippen LogP contribution in [0.4, 0.5) is 0 Å². The summed E-state index contributed by atoms with van der Waals surface area (Å²) >= 11 is 0. The van der Waals surface area contributed by atoms with Crippen molar-refractivity contribution >= 4 is 17.7 Å².